The van der Waals surface area contributed by atoms with Crippen LogP contribution in [-0.4, -0.2) is 10.1 Å². The lowest BCUT2D eigenvalue weighted by atomic mass is 10.0. The summed E-state index contributed by atoms with van der Waals surface area (Å²) in [7, 11) is 0. The number of hydrogen-bond acceptors (Lipinski definition) is 3. The lowest BCUT2D eigenvalue weighted by Gasteiger charge is -2.15. The first-order valence-corrected chi connectivity index (χ1v) is 8.14. The van der Waals surface area contributed by atoms with Crippen LogP contribution in [0.3, 0.4) is 0 Å². The van der Waals surface area contributed by atoms with Crippen molar-refractivity contribution in [2.75, 3.05) is 0 Å². The van der Waals surface area contributed by atoms with Gasteiger partial charge >= 0.3 is 0 Å². The maximum Gasteiger partial charge on any atom is 0.225 e. The van der Waals surface area contributed by atoms with Gasteiger partial charge in [0.15, 0.2) is 0 Å². The zero-order chi connectivity index (χ0) is 19.4. The molecule has 0 aliphatic heterocycles. The van der Waals surface area contributed by atoms with Crippen molar-refractivity contribution in [1.29, 1.82) is 0 Å². The average molecular weight is 377 g/mol. The molecule has 0 amide bonds. The quantitative estimate of drug-likeness (QED) is 0.608. The highest BCUT2D eigenvalue weighted by Crippen LogP contribution is 2.30. The van der Waals surface area contributed by atoms with Gasteiger partial charge in [-0.2, -0.15) is 0 Å². The minimum absolute atomic E-state index is 0.0368. The standard InChI is InChI=1S/C20H15F4NO2/c21-12-3-5-14(6-4-12)27-20-16(2-1-9-25-20)19(26)8-7-15-17(23)10-13(22)11-18(15)24/h1-6,9-11,19,26H,7-8H2. The number of ether oxygens (including phenoxy) is 1. The van der Waals surface area contributed by atoms with E-state index in [0.717, 1.165) is 0 Å². The van der Waals surface area contributed by atoms with Crippen LogP contribution in [-0.2, 0) is 6.42 Å². The monoisotopic (exact) mass is 377 g/mol. The first-order valence-electron chi connectivity index (χ1n) is 8.14. The summed E-state index contributed by atoms with van der Waals surface area (Å²) in [6.45, 7) is 0. The summed E-state index contributed by atoms with van der Waals surface area (Å²) in [5, 5.41) is 10.4. The Labute approximate surface area is 152 Å². The zero-order valence-electron chi connectivity index (χ0n) is 14.0. The summed E-state index contributed by atoms with van der Waals surface area (Å²) in [6, 6.07) is 9.58. The Bertz CT molecular complexity index is 909. The fraction of sp³-hybridized carbons (Fsp3) is 0.150. The molecule has 140 valence electrons. The molecule has 0 bridgehead atoms. The molecule has 3 nitrogen and oxygen atoms in total. The van der Waals surface area contributed by atoms with Crippen LogP contribution >= 0.6 is 0 Å². The molecule has 7 heteroatoms. The molecule has 1 heterocycles. The molecule has 1 unspecified atom stereocenters. The van der Waals surface area contributed by atoms with Gasteiger partial charge in [-0.15, -0.1) is 0 Å². The molecule has 0 aliphatic rings. The van der Waals surface area contributed by atoms with Gasteiger partial charge in [-0.3, -0.25) is 0 Å². The van der Waals surface area contributed by atoms with Crippen LogP contribution in [0, 0.1) is 23.3 Å². The number of pyridine rings is 1. The van der Waals surface area contributed by atoms with Crippen molar-refractivity contribution in [3.05, 3.63) is 89.1 Å². The highest BCUT2D eigenvalue weighted by Gasteiger charge is 2.18. The summed E-state index contributed by atoms with van der Waals surface area (Å²) < 4.78 is 59.0. The number of aliphatic hydroxyl groups is 1. The van der Waals surface area contributed by atoms with E-state index in [9.17, 15) is 22.7 Å². The number of nitrogens with zero attached hydrogens (tertiary/aromatic N) is 1. The molecule has 3 rings (SSSR count). The van der Waals surface area contributed by atoms with Gasteiger partial charge in [0.25, 0.3) is 0 Å². The second-order valence-electron chi connectivity index (χ2n) is 5.86. The molecular weight excluding hydrogens is 362 g/mol. The van der Waals surface area contributed by atoms with Crippen molar-refractivity contribution < 1.29 is 27.4 Å². The maximum atomic E-state index is 13.7. The van der Waals surface area contributed by atoms with Crippen molar-refractivity contribution in [2.24, 2.45) is 0 Å². The number of aromatic nitrogens is 1. The van der Waals surface area contributed by atoms with Crippen LogP contribution < -0.4 is 4.74 Å². The maximum absolute atomic E-state index is 13.7. The SMILES string of the molecule is OC(CCc1c(F)cc(F)cc1F)c1cccnc1Oc1ccc(F)cc1. The van der Waals surface area contributed by atoms with Gasteiger partial charge in [0.05, 0.1) is 6.10 Å². The zero-order valence-corrected chi connectivity index (χ0v) is 14.0. The fourth-order valence-electron chi connectivity index (χ4n) is 2.60. The van der Waals surface area contributed by atoms with Crippen LogP contribution in [0.1, 0.15) is 23.7 Å². The van der Waals surface area contributed by atoms with Crippen molar-refractivity contribution in [3.8, 4) is 11.6 Å². The molecule has 2 aromatic carbocycles. The first-order chi connectivity index (χ1) is 12.9. The summed E-state index contributed by atoms with van der Waals surface area (Å²) in [5.41, 5.74) is 0.00472. The van der Waals surface area contributed by atoms with Gasteiger partial charge in [-0.1, -0.05) is 0 Å². The van der Waals surface area contributed by atoms with Crippen LogP contribution in [0.5, 0.6) is 11.6 Å². The molecule has 0 spiro atoms. The Balaban J connectivity index is 1.75. The van der Waals surface area contributed by atoms with E-state index in [0.29, 0.717) is 23.4 Å². The van der Waals surface area contributed by atoms with Gasteiger partial charge in [-0.05, 0) is 49.2 Å². The Kier molecular flexibility index (Phi) is 5.71. The molecule has 3 aromatic rings. The molecule has 1 N–H and O–H groups in total. The second kappa shape index (κ2) is 8.18. The van der Waals surface area contributed by atoms with E-state index in [-0.39, 0.29) is 24.3 Å². The van der Waals surface area contributed by atoms with Gasteiger partial charge in [-0.25, -0.2) is 22.5 Å². The van der Waals surface area contributed by atoms with Crippen molar-refractivity contribution in [2.45, 2.75) is 18.9 Å². The predicted octanol–water partition coefficient (Wildman–Crippen LogP) is 5.10. The summed E-state index contributed by atoms with van der Waals surface area (Å²) >= 11 is 0. The van der Waals surface area contributed by atoms with E-state index in [1.807, 2.05) is 0 Å². The smallest absolute Gasteiger partial charge is 0.225 e. The Morgan fingerprint density at radius 3 is 2.26 bits per heavy atom. The van der Waals surface area contributed by atoms with Crippen LogP contribution in [0.4, 0.5) is 17.6 Å². The Morgan fingerprint density at radius 1 is 0.926 bits per heavy atom. The topological polar surface area (TPSA) is 42.4 Å². The summed E-state index contributed by atoms with van der Waals surface area (Å²) in [4.78, 5) is 4.05. The number of halogens is 4. The third kappa shape index (κ3) is 4.62. The third-order valence-corrected chi connectivity index (χ3v) is 3.96. The van der Waals surface area contributed by atoms with E-state index in [1.54, 1.807) is 12.1 Å². The van der Waals surface area contributed by atoms with Crippen LogP contribution in [0.2, 0.25) is 0 Å². The van der Waals surface area contributed by atoms with E-state index >= 15 is 0 Å². The molecule has 0 aliphatic carbocycles. The second-order valence-corrected chi connectivity index (χ2v) is 5.86. The molecule has 0 saturated carbocycles. The van der Waals surface area contributed by atoms with E-state index in [2.05, 4.69) is 4.98 Å². The van der Waals surface area contributed by atoms with Gasteiger partial charge in [0, 0.05) is 29.5 Å². The Hall–Kier alpha value is -2.93. The Morgan fingerprint density at radius 2 is 1.59 bits per heavy atom. The number of rotatable bonds is 6. The normalized spacial score (nSPS) is 12.0. The minimum atomic E-state index is -1.13. The molecule has 27 heavy (non-hydrogen) atoms. The molecule has 1 atom stereocenters. The first kappa shape index (κ1) is 18.8. The number of hydrogen-bond donors (Lipinski definition) is 1. The van der Waals surface area contributed by atoms with Crippen molar-refractivity contribution in [3.63, 3.8) is 0 Å². The minimum Gasteiger partial charge on any atom is -0.439 e. The van der Waals surface area contributed by atoms with E-state index in [4.69, 9.17) is 4.74 Å². The van der Waals surface area contributed by atoms with Gasteiger partial charge in [0.1, 0.15) is 29.0 Å². The van der Waals surface area contributed by atoms with Gasteiger partial charge in [0.2, 0.25) is 5.88 Å². The van der Waals surface area contributed by atoms with E-state index < -0.39 is 29.4 Å². The number of benzene rings is 2. The lowest BCUT2D eigenvalue weighted by molar-refractivity contribution is 0.163. The highest BCUT2D eigenvalue weighted by atomic mass is 19.1. The van der Waals surface area contributed by atoms with E-state index in [1.165, 1.54) is 30.5 Å². The fourth-order valence-corrected chi connectivity index (χ4v) is 2.60. The predicted molar refractivity (Wildman–Crippen MR) is 90.3 cm³/mol. The lowest BCUT2D eigenvalue weighted by Crippen LogP contribution is -2.05. The number of aliphatic hydroxyl groups excluding tert-OH is 1. The summed E-state index contributed by atoms with van der Waals surface area (Å²) in [5.74, 6) is -3.03. The van der Waals surface area contributed by atoms with Crippen LogP contribution in [0.15, 0.2) is 54.7 Å². The third-order valence-electron chi connectivity index (χ3n) is 3.96. The van der Waals surface area contributed by atoms with Crippen LogP contribution in [0.25, 0.3) is 0 Å². The summed E-state index contributed by atoms with van der Waals surface area (Å²) in [6.07, 6.45) is 0.140. The van der Waals surface area contributed by atoms with Crippen molar-refractivity contribution in [1.82, 2.24) is 4.98 Å². The molecular formula is C20H15F4NO2. The largest absolute Gasteiger partial charge is 0.439 e. The van der Waals surface area contributed by atoms with Gasteiger partial charge < -0.3 is 9.84 Å². The molecule has 0 radical (unpaired) electrons. The molecule has 1 aromatic heterocycles. The highest BCUT2D eigenvalue weighted by molar-refractivity contribution is 5.34. The average Bonchev–Trinajstić information content (AvgIpc) is 2.63. The van der Waals surface area contributed by atoms with Crippen molar-refractivity contribution >= 4 is 0 Å². The molecule has 0 fully saturated rings. The molecule has 0 saturated heterocycles.